The molecule has 18 heavy (non-hydrogen) atoms. The van der Waals surface area contributed by atoms with E-state index in [1.54, 1.807) is 18.5 Å². The van der Waals surface area contributed by atoms with Gasteiger partial charge in [0, 0.05) is 11.8 Å². The number of carbonyl (C=O) groups is 2. The molecule has 1 heterocycles. The highest BCUT2D eigenvalue weighted by atomic mass is 32.2. The molecule has 94 valence electrons. The maximum Gasteiger partial charge on any atom is 0.237 e. The van der Waals surface area contributed by atoms with Gasteiger partial charge in [-0.15, -0.1) is 11.8 Å². The Labute approximate surface area is 109 Å². The number of benzene rings is 1. The molecule has 0 radical (unpaired) electrons. The first-order valence-corrected chi connectivity index (χ1v) is 6.50. The van der Waals surface area contributed by atoms with E-state index in [1.165, 1.54) is 34.9 Å². The summed E-state index contributed by atoms with van der Waals surface area (Å²) in [5.74, 6) is -0.263. The van der Waals surface area contributed by atoms with Crippen LogP contribution in [0.2, 0.25) is 0 Å². The lowest BCUT2D eigenvalue weighted by molar-refractivity contribution is -0.125. The standard InChI is InChI=1S/C13H12FNO2S/c1-9-6-10(2-3-11(9)14)12(16)7-15-4-5-18-8-13(15)17/h2-6H,7-8H2,1H3. The van der Waals surface area contributed by atoms with Crippen LogP contribution in [0, 0.1) is 12.7 Å². The first-order chi connectivity index (χ1) is 8.58. The lowest BCUT2D eigenvalue weighted by atomic mass is 10.1. The predicted octanol–water partition coefficient (Wildman–Crippen LogP) is 2.36. The number of halogens is 1. The Morgan fingerprint density at radius 3 is 2.94 bits per heavy atom. The van der Waals surface area contributed by atoms with Crippen LogP contribution in [0.15, 0.2) is 29.8 Å². The van der Waals surface area contributed by atoms with Crippen molar-refractivity contribution in [3.8, 4) is 0 Å². The first-order valence-electron chi connectivity index (χ1n) is 5.45. The normalized spacial score (nSPS) is 15.0. The number of aryl methyl sites for hydroxylation is 1. The number of hydrogen-bond acceptors (Lipinski definition) is 3. The molecule has 0 N–H and O–H groups in total. The third-order valence-electron chi connectivity index (χ3n) is 2.66. The van der Waals surface area contributed by atoms with Gasteiger partial charge in [0.05, 0.1) is 12.3 Å². The van der Waals surface area contributed by atoms with Crippen LogP contribution in [0.25, 0.3) is 0 Å². The van der Waals surface area contributed by atoms with E-state index < -0.39 is 0 Å². The number of ketones is 1. The van der Waals surface area contributed by atoms with Crippen molar-refractivity contribution in [3.05, 3.63) is 46.8 Å². The Morgan fingerprint density at radius 1 is 1.50 bits per heavy atom. The van der Waals surface area contributed by atoms with Crippen molar-refractivity contribution in [1.82, 2.24) is 4.90 Å². The lowest BCUT2D eigenvalue weighted by Gasteiger charge is -2.20. The molecular weight excluding hydrogens is 253 g/mol. The van der Waals surface area contributed by atoms with Gasteiger partial charge in [0.2, 0.25) is 5.91 Å². The zero-order chi connectivity index (χ0) is 13.1. The molecule has 1 aromatic rings. The second kappa shape index (κ2) is 5.35. The Kier molecular flexibility index (Phi) is 3.81. The molecule has 0 aromatic heterocycles. The van der Waals surface area contributed by atoms with Gasteiger partial charge in [-0.2, -0.15) is 0 Å². The summed E-state index contributed by atoms with van der Waals surface area (Å²) in [6.07, 6.45) is 1.60. The van der Waals surface area contributed by atoms with E-state index in [1.807, 2.05) is 0 Å². The lowest BCUT2D eigenvalue weighted by Crippen LogP contribution is -2.34. The highest BCUT2D eigenvalue weighted by Gasteiger charge is 2.18. The minimum atomic E-state index is -0.336. The first kappa shape index (κ1) is 12.8. The maximum absolute atomic E-state index is 13.1. The molecule has 2 rings (SSSR count). The van der Waals surface area contributed by atoms with Crippen molar-refractivity contribution < 1.29 is 14.0 Å². The van der Waals surface area contributed by atoms with E-state index in [0.717, 1.165) is 0 Å². The third-order valence-corrected chi connectivity index (χ3v) is 3.39. The average molecular weight is 265 g/mol. The number of Topliss-reactive ketones (excluding diaryl/α,β-unsaturated/α-hetero) is 1. The fraction of sp³-hybridized carbons (Fsp3) is 0.231. The summed E-state index contributed by atoms with van der Waals surface area (Å²) < 4.78 is 13.1. The van der Waals surface area contributed by atoms with Crippen LogP contribution >= 0.6 is 11.8 Å². The second-order valence-corrected chi connectivity index (χ2v) is 4.90. The van der Waals surface area contributed by atoms with Crippen molar-refractivity contribution in [2.75, 3.05) is 12.3 Å². The minimum Gasteiger partial charge on any atom is -0.310 e. The molecular formula is C13H12FNO2S. The van der Waals surface area contributed by atoms with Crippen molar-refractivity contribution >= 4 is 23.5 Å². The molecule has 5 heteroatoms. The van der Waals surface area contributed by atoms with Crippen LogP contribution in [-0.2, 0) is 4.79 Å². The average Bonchev–Trinajstić information content (AvgIpc) is 2.35. The molecule has 0 saturated heterocycles. The Morgan fingerprint density at radius 2 is 2.28 bits per heavy atom. The van der Waals surface area contributed by atoms with Gasteiger partial charge in [-0.25, -0.2) is 4.39 Å². The van der Waals surface area contributed by atoms with E-state index in [0.29, 0.717) is 16.9 Å². The van der Waals surface area contributed by atoms with Crippen LogP contribution < -0.4 is 0 Å². The van der Waals surface area contributed by atoms with Crippen LogP contribution in [0.1, 0.15) is 15.9 Å². The van der Waals surface area contributed by atoms with Crippen molar-refractivity contribution in [1.29, 1.82) is 0 Å². The van der Waals surface area contributed by atoms with E-state index in [2.05, 4.69) is 0 Å². The van der Waals surface area contributed by atoms with Crippen LogP contribution in [0.3, 0.4) is 0 Å². The monoisotopic (exact) mass is 265 g/mol. The molecule has 3 nitrogen and oxygen atoms in total. The van der Waals surface area contributed by atoms with Gasteiger partial charge in [0.25, 0.3) is 0 Å². The molecule has 0 fully saturated rings. The predicted molar refractivity (Wildman–Crippen MR) is 68.8 cm³/mol. The van der Waals surface area contributed by atoms with E-state index in [9.17, 15) is 14.0 Å². The summed E-state index contributed by atoms with van der Waals surface area (Å²) in [5, 5.41) is 1.78. The highest BCUT2D eigenvalue weighted by molar-refractivity contribution is 8.02. The van der Waals surface area contributed by atoms with Crippen LogP contribution in [0.5, 0.6) is 0 Å². The van der Waals surface area contributed by atoms with E-state index in [4.69, 9.17) is 0 Å². The van der Waals surface area contributed by atoms with Crippen molar-refractivity contribution in [2.24, 2.45) is 0 Å². The molecule has 1 aromatic carbocycles. The van der Waals surface area contributed by atoms with Crippen LogP contribution in [-0.4, -0.2) is 28.9 Å². The maximum atomic E-state index is 13.1. The van der Waals surface area contributed by atoms with Crippen LogP contribution in [0.4, 0.5) is 4.39 Å². The summed E-state index contributed by atoms with van der Waals surface area (Å²) in [4.78, 5) is 24.9. The Balaban J connectivity index is 2.12. The SMILES string of the molecule is Cc1cc(C(=O)CN2C=CSCC2=O)ccc1F. The largest absolute Gasteiger partial charge is 0.310 e. The zero-order valence-corrected chi connectivity index (χ0v) is 10.7. The quantitative estimate of drug-likeness (QED) is 0.787. The van der Waals surface area contributed by atoms with Crippen molar-refractivity contribution in [3.63, 3.8) is 0 Å². The molecule has 0 saturated carbocycles. The molecule has 1 amide bonds. The molecule has 0 unspecified atom stereocenters. The van der Waals surface area contributed by atoms with Gasteiger partial charge in [0.1, 0.15) is 5.82 Å². The molecule has 1 aliphatic heterocycles. The molecule has 0 bridgehead atoms. The number of hydrogen-bond donors (Lipinski definition) is 0. The summed E-state index contributed by atoms with van der Waals surface area (Å²) in [5.41, 5.74) is 0.852. The van der Waals surface area contributed by atoms with Gasteiger partial charge in [0.15, 0.2) is 5.78 Å². The second-order valence-electron chi connectivity index (χ2n) is 4.00. The summed E-state index contributed by atoms with van der Waals surface area (Å²) in [6.45, 7) is 1.61. The molecule has 0 spiro atoms. The number of carbonyl (C=O) groups excluding carboxylic acids is 2. The van der Waals surface area contributed by atoms with Gasteiger partial charge in [-0.1, -0.05) is 0 Å². The van der Waals surface area contributed by atoms with Gasteiger partial charge in [-0.3, -0.25) is 9.59 Å². The molecule has 0 atom stereocenters. The van der Waals surface area contributed by atoms with Crippen molar-refractivity contribution in [2.45, 2.75) is 6.92 Å². The third kappa shape index (κ3) is 2.79. The molecule has 0 aliphatic carbocycles. The number of nitrogens with zero attached hydrogens (tertiary/aromatic N) is 1. The smallest absolute Gasteiger partial charge is 0.237 e. The minimum absolute atomic E-state index is 0.000958. The number of rotatable bonds is 3. The Hall–Kier alpha value is -1.62. The Bertz CT molecular complexity index is 528. The number of amides is 1. The summed E-state index contributed by atoms with van der Waals surface area (Å²) in [6, 6.07) is 4.22. The fourth-order valence-corrected chi connectivity index (χ4v) is 2.24. The van der Waals surface area contributed by atoms with Gasteiger partial charge in [-0.05, 0) is 36.1 Å². The van der Waals surface area contributed by atoms with Gasteiger partial charge >= 0.3 is 0 Å². The molecule has 1 aliphatic rings. The summed E-state index contributed by atoms with van der Waals surface area (Å²) in [7, 11) is 0. The number of thioether (sulfide) groups is 1. The topological polar surface area (TPSA) is 37.4 Å². The zero-order valence-electron chi connectivity index (χ0n) is 9.85. The van der Waals surface area contributed by atoms with Gasteiger partial charge < -0.3 is 4.90 Å². The van der Waals surface area contributed by atoms with E-state index >= 15 is 0 Å². The van der Waals surface area contributed by atoms with E-state index in [-0.39, 0.29) is 24.1 Å². The highest BCUT2D eigenvalue weighted by Crippen LogP contribution is 2.14. The fourth-order valence-electron chi connectivity index (χ4n) is 1.61. The summed E-state index contributed by atoms with van der Waals surface area (Å²) >= 11 is 1.40.